The molecule has 112 valence electrons. The van der Waals surface area contributed by atoms with Gasteiger partial charge in [-0.25, -0.2) is 0 Å². The molecule has 1 fully saturated rings. The van der Waals surface area contributed by atoms with Gasteiger partial charge in [-0.1, -0.05) is 26.0 Å². The maximum Gasteiger partial charge on any atom is 0.142 e. The van der Waals surface area contributed by atoms with Crippen molar-refractivity contribution in [3.63, 3.8) is 0 Å². The van der Waals surface area contributed by atoms with Gasteiger partial charge in [0, 0.05) is 39.3 Å². The third-order valence-corrected chi connectivity index (χ3v) is 3.67. The highest BCUT2D eigenvalue weighted by atomic mass is 16.5. The molecule has 0 atom stereocenters. The molecule has 2 rings (SSSR count). The molecule has 0 aromatic heterocycles. The lowest BCUT2D eigenvalue weighted by molar-refractivity contribution is 0.109. The van der Waals surface area contributed by atoms with Gasteiger partial charge in [0.2, 0.25) is 0 Å². The van der Waals surface area contributed by atoms with Crippen molar-refractivity contribution >= 4 is 5.69 Å². The Morgan fingerprint density at radius 2 is 1.75 bits per heavy atom. The zero-order valence-electron chi connectivity index (χ0n) is 12.7. The summed E-state index contributed by atoms with van der Waals surface area (Å²) in [6.07, 6.45) is 0. The van der Waals surface area contributed by atoms with E-state index in [0.29, 0.717) is 12.3 Å². The van der Waals surface area contributed by atoms with Crippen LogP contribution in [-0.2, 0) is 0 Å². The highest BCUT2D eigenvalue weighted by molar-refractivity contribution is 5.51. The van der Waals surface area contributed by atoms with Gasteiger partial charge in [-0.15, -0.1) is 0 Å². The highest BCUT2D eigenvalue weighted by Crippen LogP contribution is 2.19. The highest BCUT2D eigenvalue weighted by Gasteiger charge is 2.17. The van der Waals surface area contributed by atoms with Gasteiger partial charge >= 0.3 is 0 Å². The van der Waals surface area contributed by atoms with Gasteiger partial charge in [0.1, 0.15) is 12.4 Å². The standard InChI is InChI=1S/C16H27N3O/c1-14(2)13-19-9-7-18(8-10-19)11-12-20-16-6-4-3-5-15(16)17/h3-6,14H,7-13,17H2,1-2H3. The van der Waals surface area contributed by atoms with E-state index in [1.165, 1.54) is 19.6 Å². The van der Waals surface area contributed by atoms with Crippen molar-refractivity contribution in [1.29, 1.82) is 0 Å². The number of anilines is 1. The van der Waals surface area contributed by atoms with Crippen LogP contribution >= 0.6 is 0 Å². The van der Waals surface area contributed by atoms with E-state index in [9.17, 15) is 0 Å². The summed E-state index contributed by atoms with van der Waals surface area (Å²) in [6, 6.07) is 7.68. The van der Waals surface area contributed by atoms with Crippen molar-refractivity contribution in [2.75, 3.05) is 51.6 Å². The summed E-state index contributed by atoms with van der Waals surface area (Å²) in [6.45, 7) is 12.1. The predicted molar refractivity (Wildman–Crippen MR) is 84.1 cm³/mol. The lowest BCUT2D eigenvalue weighted by Gasteiger charge is -2.35. The number of benzene rings is 1. The van der Waals surface area contributed by atoms with Gasteiger partial charge in [0.25, 0.3) is 0 Å². The van der Waals surface area contributed by atoms with E-state index in [4.69, 9.17) is 10.5 Å². The SMILES string of the molecule is CC(C)CN1CCN(CCOc2ccccc2N)CC1. The van der Waals surface area contributed by atoms with Gasteiger partial charge < -0.3 is 15.4 Å². The molecule has 1 aliphatic heterocycles. The molecule has 1 heterocycles. The first-order valence-corrected chi connectivity index (χ1v) is 7.57. The third-order valence-electron chi connectivity index (χ3n) is 3.67. The van der Waals surface area contributed by atoms with E-state index in [1.54, 1.807) is 0 Å². The maximum atomic E-state index is 5.86. The predicted octanol–water partition coefficient (Wildman–Crippen LogP) is 1.92. The van der Waals surface area contributed by atoms with E-state index in [2.05, 4.69) is 23.6 Å². The van der Waals surface area contributed by atoms with Gasteiger partial charge in [0.15, 0.2) is 0 Å². The van der Waals surface area contributed by atoms with E-state index in [0.717, 1.165) is 31.3 Å². The minimum atomic E-state index is 0.707. The van der Waals surface area contributed by atoms with Crippen LogP contribution in [0.4, 0.5) is 5.69 Å². The number of ether oxygens (including phenoxy) is 1. The van der Waals surface area contributed by atoms with Crippen molar-refractivity contribution in [1.82, 2.24) is 9.80 Å². The van der Waals surface area contributed by atoms with Crippen molar-refractivity contribution in [3.05, 3.63) is 24.3 Å². The van der Waals surface area contributed by atoms with E-state index in [1.807, 2.05) is 24.3 Å². The van der Waals surface area contributed by atoms with Crippen LogP contribution in [0.1, 0.15) is 13.8 Å². The lowest BCUT2D eigenvalue weighted by atomic mass is 10.2. The van der Waals surface area contributed by atoms with Crippen molar-refractivity contribution in [3.8, 4) is 5.75 Å². The number of hydrogen-bond donors (Lipinski definition) is 1. The summed E-state index contributed by atoms with van der Waals surface area (Å²) in [7, 11) is 0. The molecule has 0 amide bonds. The molecule has 1 aromatic rings. The molecule has 0 spiro atoms. The van der Waals surface area contributed by atoms with Crippen LogP contribution in [0.15, 0.2) is 24.3 Å². The number of nitrogens with two attached hydrogens (primary N) is 1. The smallest absolute Gasteiger partial charge is 0.142 e. The fourth-order valence-corrected chi connectivity index (χ4v) is 2.61. The topological polar surface area (TPSA) is 41.7 Å². The summed E-state index contributed by atoms with van der Waals surface area (Å²) in [5.41, 5.74) is 6.58. The molecule has 20 heavy (non-hydrogen) atoms. The number of piperazine rings is 1. The Morgan fingerprint density at radius 3 is 2.40 bits per heavy atom. The van der Waals surface area contributed by atoms with Gasteiger partial charge in [-0.3, -0.25) is 4.90 Å². The summed E-state index contributed by atoms with van der Waals surface area (Å²) in [4.78, 5) is 5.02. The van der Waals surface area contributed by atoms with Crippen molar-refractivity contribution in [2.24, 2.45) is 5.92 Å². The van der Waals surface area contributed by atoms with Gasteiger partial charge in [-0.05, 0) is 18.1 Å². The van der Waals surface area contributed by atoms with Crippen LogP contribution in [0.5, 0.6) is 5.75 Å². The number of nitrogen functional groups attached to an aromatic ring is 1. The molecule has 0 aliphatic carbocycles. The molecule has 0 bridgehead atoms. The average Bonchev–Trinajstić information content (AvgIpc) is 2.42. The first-order chi connectivity index (χ1) is 9.65. The summed E-state index contributed by atoms with van der Waals surface area (Å²) in [5, 5.41) is 0. The van der Waals surface area contributed by atoms with Crippen LogP contribution in [0.2, 0.25) is 0 Å². The van der Waals surface area contributed by atoms with E-state index in [-0.39, 0.29) is 0 Å². The van der Waals surface area contributed by atoms with E-state index >= 15 is 0 Å². The summed E-state index contributed by atoms with van der Waals surface area (Å²) >= 11 is 0. The third kappa shape index (κ3) is 4.69. The Morgan fingerprint density at radius 1 is 1.10 bits per heavy atom. The minimum absolute atomic E-state index is 0.707. The van der Waals surface area contributed by atoms with Crippen molar-refractivity contribution < 1.29 is 4.74 Å². The van der Waals surface area contributed by atoms with E-state index < -0.39 is 0 Å². The molecule has 4 nitrogen and oxygen atoms in total. The van der Waals surface area contributed by atoms with Crippen molar-refractivity contribution in [2.45, 2.75) is 13.8 Å². The largest absolute Gasteiger partial charge is 0.490 e. The Kier molecular flexibility index (Phi) is 5.68. The second-order valence-corrected chi connectivity index (χ2v) is 5.92. The number of hydrogen-bond acceptors (Lipinski definition) is 4. The Balaban J connectivity index is 1.65. The monoisotopic (exact) mass is 277 g/mol. The second kappa shape index (κ2) is 7.50. The Hall–Kier alpha value is -1.26. The first kappa shape index (κ1) is 15.1. The molecular formula is C16H27N3O. The number of para-hydroxylation sites is 2. The zero-order valence-corrected chi connectivity index (χ0v) is 12.7. The Bertz CT molecular complexity index is 400. The second-order valence-electron chi connectivity index (χ2n) is 5.92. The van der Waals surface area contributed by atoms with Crippen LogP contribution in [-0.4, -0.2) is 55.7 Å². The molecule has 0 radical (unpaired) electrons. The van der Waals surface area contributed by atoms with Crippen LogP contribution in [0, 0.1) is 5.92 Å². The fraction of sp³-hybridized carbons (Fsp3) is 0.625. The molecule has 2 N–H and O–H groups in total. The van der Waals surface area contributed by atoms with Gasteiger partial charge in [0.05, 0.1) is 5.69 Å². The number of rotatable bonds is 6. The van der Waals surface area contributed by atoms with Gasteiger partial charge in [-0.2, -0.15) is 0 Å². The van der Waals surface area contributed by atoms with Crippen LogP contribution in [0.25, 0.3) is 0 Å². The average molecular weight is 277 g/mol. The summed E-state index contributed by atoms with van der Waals surface area (Å²) in [5.74, 6) is 1.55. The fourth-order valence-electron chi connectivity index (χ4n) is 2.61. The molecule has 1 aromatic carbocycles. The zero-order chi connectivity index (χ0) is 14.4. The first-order valence-electron chi connectivity index (χ1n) is 7.57. The molecule has 1 saturated heterocycles. The minimum Gasteiger partial charge on any atom is -0.490 e. The number of nitrogens with zero attached hydrogens (tertiary/aromatic N) is 2. The lowest BCUT2D eigenvalue weighted by Crippen LogP contribution is -2.48. The van der Waals surface area contributed by atoms with Crippen LogP contribution < -0.4 is 10.5 Å². The normalized spacial score (nSPS) is 17.6. The molecule has 0 saturated carbocycles. The summed E-state index contributed by atoms with van der Waals surface area (Å²) < 4.78 is 5.75. The molecular weight excluding hydrogens is 250 g/mol. The molecule has 4 heteroatoms. The molecule has 1 aliphatic rings. The Labute approximate surface area is 122 Å². The van der Waals surface area contributed by atoms with Crippen LogP contribution in [0.3, 0.4) is 0 Å². The molecule has 0 unspecified atom stereocenters. The quantitative estimate of drug-likeness (QED) is 0.807. The maximum absolute atomic E-state index is 5.86.